The van der Waals surface area contributed by atoms with Gasteiger partial charge in [0, 0.05) is 6.61 Å². The molecular weight excluding hydrogens is 344 g/mol. The Bertz CT molecular complexity index is 392. The van der Waals surface area contributed by atoms with E-state index in [0.29, 0.717) is 19.6 Å². The molecule has 0 aromatic rings. The van der Waals surface area contributed by atoms with Gasteiger partial charge in [-0.3, -0.25) is 0 Å². The normalized spacial score (nSPS) is 13.3. The van der Waals surface area contributed by atoms with Crippen LogP contribution in [0.2, 0.25) is 0 Å². The third-order valence-corrected chi connectivity index (χ3v) is 4.72. The van der Waals surface area contributed by atoms with Crippen LogP contribution in [0.1, 0.15) is 104 Å². The molecule has 0 fully saturated rings. The molecule has 5 heteroatoms. The second-order valence-electron chi connectivity index (χ2n) is 7.07. The monoisotopic (exact) mass is 386 g/mol. The first kappa shape index (κ1) is 25.8. The predicted molar refractivity (Wildman–Crippen MR) is 110 cm³/mol. The second kappa shape index (κ2) is 18.1. The van der Waals surface area contributed by atoms with Gasteiger partial charge >= 0.3 is 5.97 Å². The molecule has 0 saturated heterocycles. The summed E-state index contributed by atoms with van der Waals surface area (Å²) in [5.41, 5.74) is 0. The zero-order valence-corrected chi connectivity index (χ0v) is 17.8. The lowest BCUT2D eigenvalue weighted by molar-refractivity contribution is -0.136. The summed E-state index contributed by atoms with van der Waals surface area (Å²) in [5, 5.41) is 18.8. The van der Waals surface area contributed by atoms with Crippen LogP contribution >= 0.6 is 0 Å². The molecule has 0 spiro atoms. The Morgan fingerprint density at radius 2 is 1.22 bits per heavy atom. The molecule has 1 unspecified atom stereocenters. The average Bonchev–Trinajstić information content (AvgIpc) is 2.65. The van der Waals surface area contributed by atoms with Crippen molar-refractivity contribution in [3.05, 3.63) is 11.5 Å². The van der Waals surface area contributed by atoms with E-state index in [1.54, 1.807) is 6.92 Å². The first-order valence-electron chi connectivity index (χ1n) is 11.0. The van der Waals surface area contributed by atoms with E-state index in [-0.39, 0.29) is 5.76 Å². The molecule has 0 aliphatic heterocycles. The highest BCUT2D eigenvalue weighted by Crippen LogP contribution is 2.20. The van der Waals surface area contributed by atoms with Gasteiger partial charge in [0.25, 0.3) is 0 Å². The van der Waals surface area contributed by atoms with Crippen LogP contribution in [-0.4, -0.2) is 35.5 Å². The molecule has 2 N–H and O–H groups in total. The molecule has 0 radical (unpaired) electrons. The van der Waals surface area contributed by atoms with Crippen molar-refractivity contribution in [2.45, 2.75) is 110 Å². The van der Waals surface area contributed by atoms with Gasteiger partial charge in [-0.05, 0) is 20.3 Å². The number of rotatable bonds is 19. The molecule has 0 aromatic heterocycles. The lowest BCUT2D eigenvalue weighted by Crippen LogP contribution is -2.22. The highest BCUT2D eigenvalue weighted by atomic mass is 16.5. The number of ether oxygens (including phenoxy) is 2. The summed E-state index contributed by atoms with van der Waals surface area (Å²) in [6.45, 7) is 6.62. The fourth-order valence-electron chi connectivity index (χ4n) is 3.24. The maximum atomic E-state index is 11.1. The number of aliphatic carboxylic acids is 1. The lowest BCUT2D eigenvalue weighted by Gasteiger charge is -2.20. The molecule has 0 saturated carbocycles. The Labute approximate surface area is 166 Å². The fourth-order valence-corrected chi connectivity index (χ4v) is 3.24. The third-order valence-electron chi connectivity index (χ3n) is 4.72. The zero-order chi connectivity index (χ0) is 20.3. The number of hydrogen-bond acceptors (Lipinski definition) is 4. The van der Waals surface area contributed by atoms with Crippen molar-refractivity contribution >= 4 is 5.97 Å². The van der Waals surface area contributed by atoms with Gasteiger partial charge < -0.3 is 19.7 Å². The van der Waals surface area contributed by atoms with E-state index in [0.717, 1.165) is 12.8 Å². The van der Waals surface area contributed by atoms with Crippen molar-refractivity contribution in [1.82, 2.24) is 0 Å². The van der Waals surface area contributed by atoms with Crippen LogP contribution in [0.5, 0.6) is 0 Å². The molecule has 0 rings (SSSR count). The molecule has 0 aliphatic carbocycles. The maximum absolute atomic E-state index is 11.1. The van der Waals surface area contributed by atoms with Crippen molar-refractivity contribution < 1.29 is 24.5 Å². The maximum Gasteiger partial charge on any atom is 0.374 e. The van der Waals surface area contributed by atoms with Crippen LogP contribution in [0.25, 0.3) is 0 Å². The molecule has 0 bridgehead atoms. The van der Waals surface area contributed by atoms with Gasteiger partial charge in [-0.25, -0.2) is 4.79 Å². The van der Waals surface area contributed by atoms with Crippen molar-refractivity contribution in [3.8, 4) is 0 Å². The van der Waals surface area contributed by atoms with Gasteiger partial charge in [-0.15, -0.1) is 0 Å². The third kappa shape index (κ3) is 13.6. The molecule has 0 aliphatic rings. The number of carboxylic acid groups (broad SMARTS) is 1. The summed E-state index contributed by atoms with van der Waals surface area (Å²) in [6, 6.07) is 0. The molecule has 27 heavy (non-hydrogen) atoms. The Balaban J connectivity index is 3.99. The predicted octanol–water partition coefficient (Wildman–Crippen LogP) is 6.37. The number of unbranched alkanes of at least 4 members (excludes halogenated alkanes) is 11. The van der Waals surface area contributed by atoms with Crippen molar-refractivity contribution in [3.63, 3.8) is 0 Å². The van der Waals surface area contributed by atoms with Gasteiger partial charge in [0.1, 0.15) is 6.10 Å². The largest absolute Gasteiger partial charge is 0.499 e. The Morgan fingerprint density at radius 3 is 1.63 bits per heavy atom. The number of aliphatic hydroxyl groups is 1. The molecule has 160 valence electrons. The topological polar surface area (TPSA) is 76.0 Å². The van der Waals surface area contributed by atoms with Crippen molar-refractivity contribution in [2.75, 3.05) is 13.2 Å². The Kier molecular flexibility index (Phi) is 17.3. The van der Waals surface area contributed by atoms with Crippen LogP contribution in [0.3, 0.4) is 0 Å². The standard InChI is InChI=1S/C22H42O5/c1-4-7-8-9-10-11-12-13-14-15-16-17-18-19(26-5-2)21(27-6-3)20(23)22(24)25/h19,23H,4-18H2,1-3H3,(H,24,25). The molecule has 0 amide bonds. The number of carboxylic acids is 1. The van der Waals surface area contributed by atoms with E-state index in [2.05, 4.69) is 6.92 Å². The summed E-state index contributed by atoms with van der Waals surface area (Å²) < 4.78 is 11.0. The highest BCUT2D eigenvalue weighted by Gasteiger charge is 2.24. The van der Waals surface area contributed by atoms with Crippen molar-refractivity contribution in [2.24, 2.45) is 0 Å². The molecule has 0 aromatic carbocycles. The lowest BCUT2D eigenvalue weighted by atomic mass is 10.0. The van der Waals surface area contributed by atoms with E-state index in [9.17, 15) is 9.90 Å². The summed E-state index contributed by atoms with van der Waals surface area (Å²) in [7, 11) is 0. The van der Waals surface area contributed by atoms with Crippen LogP contribution < -0.4 is 0 Å². The van der Waals surface area contributed by atoms with Crippen LogP contribution in [0.15, 0.2) is 11.5 Å². The van der Waals surface area contributed by atoms with E-state index in [1.807, 2.05) is 6.92 Å². The van der Waals surface area contributed by atoms with Crippen LogP contribution in [0.4, 0.5) is 0 Å². The van der Waals surface area contributed by atoms with Gasteiger partial charge in [0.05, 0.1) is 6.61 Å². The molecule has 1 atom stereocenters. The van der Waals surface area contributed by atoms with Crippen LogP contribution in [0, 0.1) is 0 Å². The van der Waals surface area contributed by atoms with E-state index >= 15 is 0 Å². The first-order chi connectivity index (χ1) is 13.1. The molecular formula is C22H42O5. The summed E-state index contributed by atoms with van der Waals surface area (Å²) in [4.78, 5) is 11.1. The SMILES string of the molecule is CCCCCCCCCCCCCCC(OCC)C(OCC)=C(O)C(=O)O. The smallest absolute Gasteiger partial charge is 0.374 e. The van der Waals surface area contributed by atoms with Gasteiger partial charge in [-0.1, -0.05) is 84.0 Å². The average molecular weight is 387 g/mol. The Morgan fingerprint density at radius 1 is 0.741 bits per heavy atom. The minimum atomic E-state index is -1.38. The fraction of sp³-hybridized carbons (Fsp3) is 0.864. The van der Waals surface area contributed by atoms with Gasteiger partial charge in [0.2, 0.25) is 5.76 Å². The minimum Gasteiger partial charge on any atom is -0.499 e. The molecule has 0 heterocycles. The minimum absolute atomic E-state index is 0.0509. The van der Waals surface area contributed by atoms with Gasteiger partial charge in [0.15, 0.2) is 5.76 Å². The van der Waals surface area contributed by atoms with Crippen molar-refractivity contribution in [1.29, 1.82) is 0 Å². The second-order valence-corrected chi connectivity index (χ2v) is 7.07. The zero-order valence-electron chi connectivity index (χ0n) is 17.8. The Hall–Kier alpha value is -1.23. The number of aliphatic hydroxyl groups excluding tert-OH is 1. The highest BCUT2D eigenvalue weighted by molar-refractivity contribution is 5.84. The van der Waals surface area contributed by atoms with Gasteiger partial charge in [-0.2, -0.15) is 0 Å². The van der Waals surface area contributed by atoms with E-state index < -0.39 is 17.8 Å². The first-order valence-corrected chi connectivity index (χ1v) is 11.0. The number of carbonyl (C=O) groups is 1. The molecule has 5 nitrogen and oxygen atoms in total. The van der Waals surface area contributed by atoms with E-state index in [1.165, 1.54) is 64.2 Å². The number of hydrogen-bond donors (Lipinski definition) is 2. The quantitative estimate of drug-likeness (QED) is 0.153. The summed E-state index contributed by atoms with van der Waals surface area (Å²) >= 11 is 0. The van der Waals surface area contributed by atoms with E-state index in [4.69, 9.17) is 14.6 Å². The summed E-state index contributed by atoms with van der Waals surface area (Å²) in [5.74, 6) is -2.07. The van der Waals surface area contributed by atoms with Crippen LogP contribution in [-0.2, 0) is 14.3 Å². The summed E-state index contributed by atoms with van der Waals surface area (Å²) in [6.07, 6.45) is 15.4.